The number of carbonyl (C=O) groups is 2. The third kappa shape index (κ3) is 26.3. The van der Waals surface area contributed by atoms with Crippen LogP contribution >= 0.6 is 23.3 Å². The number of hydrogen-bond acceptors (Lipinski definition) is 4. The summed E-state index contributed by atoms with van der Waals surface area (Å²) in [6, 6.07) is 0. The van der Waals surface area contributed by atoms with Crippen LogP contribution in [0, 0.1) is 0 Å². The summed E-state index contributed by atoms with van der Waals surface area (Å²) < 4.78 is 0. The Labute approximate surface area is 135 Å². The topological polar surface area (TPSA) is 58.2 Å². The van der Waals surface area contributed by atoms with Gasteiger partial charge >= 0.3 is 0 Å². The maximum atomic E-state index is 10.7. The summed E-state index contributed by atoms with van der Waals surface area (Å²) in [5.74, 6) is 0.227. The van der Waals surface area contributed by atoms with E-state index in [2.05, 4.69) is 34.0 Å². The predicted molar refractivity (Wildman–Crippen MR) is 94.3 cm³/mol. The minimum atomic E-state index is -0.0763. The van der Waals surface area contributed by atoms with E-state index >= 15 is 0 Å². The molecule has 2 N–H and O–H groups in total. The summed E-state index contributed by atoms with van der Waals surface area (Å²) in [6.07, 6.45) is 1.13. The summed E-state index contributed by atoms with van der Waals surface area (Å²) in [5, 5.41) is 5.66. The molecule has 0 heterocycles. The summed E-state index contributed by atoms with van der Waals surface area (Å²) in [6.45, 7) is 15.5. The molecular weight excluding hydrogens is 292 g/mol. The molecule has 0 aromatic carbocycles. The van der Waals surface area contributed by atoms with E-state index in [0.717, 1.165) is 0 Å². The van der Waals surface area contributed by atoms with E-state index in [1.807, 2.05) is 55.4 Å². The Kier molecular flexibility index (Phi) is 15.3. The van der Waals surface area contributed by atoms with Gasteiger partial charge < -0.3 is 10.6 Å². The van der Waals surface area contributed by atoms with E-state index in [-0.39, 0.29) is 22.9 Å². The highest BCUT2D eigenvalue weighted by atomic mass is 33.1. The summed E-state index contributed by atoms with van der Waals surface area (Å²) in [4.78, 5) is 21.4. The van der Waals surface area contributed by atoms with Crippen LogP contribution in [0.25, 0.3) is 0 Å². The van der Waals surface area contributed by atoms with Crippen LogP contribution in [-0.2, 0) is 9.59 Å². The van der Waals surface area contributed by atoms with Gasteiger partial charge in [-0.3, -0.25) is 9.59 Å². The first-order valence-corrected chi connectivity index (χ1v) is 8.33. The van der Waals surface area contributed by atoms with Crippen molar-refractivity contribution in [2.24, 2.45) is 0 Å². The van der Waals surface area contributed by atoms with Crippen LogP contribution in [0.4, 0.5) is 0 Å². The fourth-order valence-corrected chi connectivity index (χ4v) is 1.01. The fourth-order valence-electron chi connectivity index (χ4n) is 1.01. The number of hydrogen-bond donors (Lipinski definition) is 4. The summed E-state index contributed by atoms with van der Waals surface area (Å²) in [7, 11) is 0. The zero-order chi connectivity index (χ0) is 17.0. The van der Waals surface area contributed by atoms with Crippen LogP contribution in [0.1, 0.15) is 68.2 Å². The van der Waals surface area contributed by atoms with Crippen LogP contribution in [0.2, 0.25) is 0 Å². The van der Waals surface area contributed by atoms with Crippen molar-refractivity contribution >= 4 is 35.1 Å². The van der Waals surface area contributed by atoms with Crippen molar-refractivity contribution in [2.45, 2.75) is 79.3 Å². The standard InChI is InChI=1S/2C7H15NO.H2S2/c2*1-5-6(9)8-7(2,3)4;1-2/h2*5H2,1-4H3,(H,8,9);1-2H. The van der Waals surface area contributed by atoms with Crippen LogP contribution in [0.5, 0.6) is 0 Å². The van der Waals surface area contributed by atoms with Gasteiger partial charge in [0, 0.05) is 23.9 Å². The van der Waals surface area contributed by atoms with Crippen LogP contribution in [0.15, 0.2) is 0 Å². The monoisotopic (exact) mass is 324 g/mol. The van der Waals surface area contributed by atoms with Gasteiger partial charge in [0.05, 0.1) is 0 Å². The first kappa shape index (κ1) is 24.6. The van der Waals surface area contributed by atoms with Gasteiger partial charge in [0.25, 0.3) is 0 Å². The molecule has 0 fully saturated rings. The van der Waals surface area contributed by atoms with Gasteiger partial charge in [-0.05, 0) is 41.5 Å². The summed E-state index contributed by atoms with van der Waals surface area (Å²) in [5.41, 5.74) is -0.153. The molecule has 0 radical (unpaired) electrons. The lowest BCUT2D eigenvalue weighted by atomic mass is 10.1. The minimum Gasteiger partial charge on any atom is -0.352 e. The van der Waals surface area contributed by atoms with E-state index < -0.39 is 0 Å². The number of amides is 2. The van der Waals surface area contributed by atoms with Gasteiger partial charge in [-0.1, -0.05) is 13.8 Å². The van der Waals surface area contributed by atoms with Crippen LogP contribution in [-0.4, -0.2) is 22.9 Å². The molecule has 0 aliphatic rings. The molecule has 0 rings (SSSR count). The Morgan fingerprint density at radius 2 is 0.950 bits per heavy atom. The average molecular weight is 325 g/mol. The zero-order valence-corrected chi connectivity index (χ0v) is 15.9. The third-order valence-electron chi connectivity index (χ3n) is 1.67. The molecule has 122 valence electrons. The second-order valence-corrected chi connectivity index (χ2v) is 6.30. The first-order valence-electron chi connectivity index (χ1n) is 6.73. The normalized spacial score (nSPS) is 10.3. The van der Waals surface area contributed by atoms with Crippen molar-refractivity contribution in [1.29, 1.82) is 0 Å². The van der Waals surface area contributed by atoms with E-state index in [9.17, 15) is 9.59 Å². The van der Waals surface area contributed by atoms with Gasteiger partial charge in [0.1, 0.15) is 0 Å². The van der Waals surface area contributed by atoms with Crippen molar-refractivity contribution in [3.8, 4) is 0 Å². The molecule has 0 unspecified atom stereocenters. The molecule has 4 nitrogen and oxygen atoms in total. The zero-order valence-electron chi connectivity index (χ0n) is 14.1. The molecule has 0 aliphatic carbocycles. The second-order valence-electron chi connectivity index (χ2n) is 6.30. The maximum Gasteiger partial charge on any atom is 0.220 e. The Morgan fingerprint density at radius 1 is 0.750 bits per heavy atom. The molecule has 0 aromatic rings. The molecule has 0 aliphatic heterocycles. The lowest BCUT2D eigenvalue weighted by Gasteiger charge is -2.19. The largest absolute Gasteiger partial charge is 0.352 e. The highest BCUT2D eigenvalue weighted by Crippen LogP contribution is 1.98. The number of nitrogens with one attached hydrogen (secondary N) is 2. The van der Waals surface area contributed by atoms with Gasteiger partial charge in [-0.25, -0.2) is 0 Å². The first-order chi connectivity index (χ1) is 8.91. The van der Waals surface area contributed by atoms with Crippen molar-refractivity contribution < 1.29 is 9.59 Å². The van der Waals surface area contributed by atoms with Gasteiger partial charge in [-0.15, -0.1) is 23.3 Å². The molecular formula is C14H32N2O2S2. The van der Waals surface area contributed by atoms with Gasteiger partial charge in [-0.2, -0.15) is 0 Å². The fraction of sp³-hybridized carbons (Fsp3) is 0.857. The van der Waals surface area contributed by atoms with E-state index in [1.165, 1.54) is 0 Å². The molecule has 6 heteroatoms. The van der Waals surface area contributed by atoms with Gasteiger partial charge in [0.15, 0.2) is 0 Å². The van der Waals surface area contributed by atoms with Crippen LogP contribution < -0.4 is 10.6 Å². The molecule has 0 bridgehead atoms. The van der Waals surface area contributed by atoms with E-state index in [0.29, 0.717) is 12.8 Å². The van der Waals surface area contributed by atoms with Gasteiger partial charge in [0.2, 0.25) is 11.8 Å². The third-order valence-corrected chi connectivity index (χ3v) is 1.67. The maximum absolute atomic E-state index is 10.7. The Hall–Kier alpha value is -0.360. The smallest absolute Gasteiger partial charge is 0.220 e. The molecule has 20 heavy (non-hydrogen) atoms. The molecule has 0 saturated heterocycles. The van der Waals surface area contributed by atoms with Crippen molar-refractivity contribution in [2.75, 3.05) is 0 Å². The SMILES string of the molecule is CCC(=O)NC(C)(C)C.CCC(=O)NC(C)(C)C.SS. The molecule has 0 spiro atoms. The Bertz CT molecular complexity index is 241. The van der Waals surface area contributed by atoms with Crippen molar-refractivity contribution in [3.63, 3.8) is 0 Å². The van der Waals surface area contributed by atoms with E-state index in [4.69, 9.17) is 0 Å². The molecule has 2 amide bonds. The quantitative estimate of drug-likeness (QED) is 0.465. The summed E-state index contributed by atoms with van der Waals surface area (Å²) >= 11 is 6.44. The predicted octanol–water partition coefficient (Wildman–Crippen LogP) is 3.38. The molecule has 0 atom stereocenters. The molecule has 0 aromatic heterocycles. The number of rotatable bonds is 2. The highest BCUT2D eigenvalue weighted by Gasteiger charge is 2.11. The van der Waals surface area contributed by atoms with Crippen LogP contribution in [0.3, 0.4) is 0 Å². The Balaban J connectivity index is -0.000000257. The minimum absolute atomic E-state index is 0.0763. The number of carbonyl (C=O) groups excluding carboxylic acids is 2. The van der Waals surface area contributed by atoms with E-state index in [1.54, 1.807) is 0 Å². The lowest BCUT2D eigenvalue weighted by molar-refractivity contribution is -0.123. The molecule has 0 saturated carbocycles. The highest BCUT2D eigenvalue weighted by molar-refractivity contribution is 8.59. The van der Waals surface area contributed by atoms with Crippen molar-refractivity contribution in [1.82, 2.24) is 10.6 Å². The lowest BCUT2D eigenvalue weighted by Crippen LogP contribution is -2.40. The second kappa shape index (κ2) is 12.4. The number of thiol groups is 2. The average Bonchev–Trinajstić information content (AvgIpc) is 2.28. The Morgan fingerprint density at radius 3 is 1.00 bits per heavy atom. The van der Waals surface area contributed by atoms with Crippen molar-refractivity contribution in [3.05, 3.63) is 0 Å².